The van der Waals surface area contributed by atoms with Crippen molar-refractivity contribution in [3.63, 3.8) is 0 Å². The Bertz CT molecular complexity index is 902. The van der Waals surface area contributed by atoms with Gasteiger partial charge in [-0.05, 0) is 49.1 Å². The van der Waals surface area contributed by atoms with Crippen molar-refractivity contribution in [2.45, 2.75) is 20.4 Å². The van der Waals surface area contributed by atoms with Crippen LogP contribution in [0.4, 0.5) is 0 Å². The van der Waals surface area contributed by atoms with Crippen LogP contribution in [-0.4, -0.2) is 29.9 Å². The van der Waals surface area contributed by atoms with Crippen LogP contribution in [0.2, 0.25) is 0 Å². The van der Waals surface area contributed by atoms with Crippen LogP contribution >= 0.6 is 11.3 Å². The van der Waals surface area contributed by atoms with Crippen LogP contribution in [0.1, 0.15) is 26.5 Å². The number of carbonyl (C=O) groups excluding carboxylic acids is 1. The number of ether oxygens (including phenoxy) is 1. The van der Waals surface area contributed by atoms with Crippen LogP contribution < -0.4 is 4.74 Å². The lowest BCUT2D eigenvalue weighted by atomic mass is 10.1. The van der Waals surface area contributed by atoms with Gasteiger partial charge in [0.15, 0.2) is 0 Å². The second-order valence-corrected chi connectivity index (χ2v) is 6.87. The molecule has 3 rings (SSSR count). The molecule has 0 saturated carbocycles. The van der Waals surface area contributed by atoms with Gasteiger partial charge in [-0.2, -0.15) is 0 Å². The zero-order valence-corrected chi connectivity index (χ0v) is 15.1. The summed E-state index contributed by atoms with van der Waals surface area (Å²) in [6, 6.07) is 9.69. The fraction of sp³-hybridized carbons (Fsp3) is 0.263. The summed E-state index contributed by atoms with van der Waals surface area (Å²) in [7, 11) is 3.46. The van der Waals surface area contributed by atoms with Crippen LogP contribution in [0.5, 0.6) is 5.75 Å². The number of thiophene rings is 1. The number of carbonyl (C=O) groups is 1. The van der Waals surface area contributed by atoms with E-state index in [1.54, 1.807) is 23.3 Å². The molecule has 2 aromatic heterocycles. The summed E-state index contributed by atoms with van der Waals surface area (Å²) < 4.78 is 5.23. The van der Waals surface area contributed by atoms with E-state index in [4.69, 9.17) is 4.74 Å². The number of rotatable bonds is 4. The quantitative estimate of drug-likeness (QED) is 0.715. The summed E-state index contributed by atoms with van der Waals surface area (Å²) in [5.41, 5.74) is 3.43. The number of methoxy groups -OCH3 is 1. The number of amides is 1. The average Bonchev–Trinajstić information content (AvgIpc) is 2.97. The fourth-order valence-corrected chi connectivity index (χ4v) is 3.60. The fourth-order valence-electron chi connectivity index (χ4n) is 2.65. The third kappa shape index (κ3) is 3.12. The van der Waals surface area contributed by atoms with Crippen molar-refractivity contribution < 1.29 is 9.53 Å². The molecule has 0 aliphatic rings. The number of fused-ring (bicyclic) bond motifs is 1. The highest BCUT2D eigenvalue weighted by molar-refractivity contribution is 7.10. The Kier molecular flexibility index (Phi) is 4.53. The Labute approximate surface area is 145 Å². The van der Waals surface area contributed by atoms with Gasteiger partial charge in [0.05, 0.1) is 30.4 Å². The Morgan fingerprint density at radius 2 is 2.04 bits per heavy atom. The minimum absolute atomic E-state index is 0.00878. The number of hydrogen-bond donors (Lipinski definition) is 0. The zero-order valence-electron chi connectivity index (χ0n) is 14.3. The van der Waals surface area contributed by atoms with Gasteiger partial charge in [-0.25, -0.2) is 0 Å². The van der Waals surface area contributed by atoms with Crippen LogP contribution in [0.3, 0.4) is 0 Å². The van der Waals surface area contributed by atoms with Gasteiger partial charge in [-0.15, -0.1) is 11.3 Å². The van der Waals surface area contributed by atoms with Gasteiger partial charge in [0.1, 0.15) is 5.75 Å². The van der Waals surface area contributed by atoms with E-state index in [1.165, 1.54) is 10.4 Å². The first-order chi connectivity index (χ1) is 11.5. The van der Waals surface area contributed by atoms with E-state index >= 15 is 0 Å². The molecule has 4 nitrogen and oxygen atoms in total. The van der Waals surface area contributed by atoms with Crippen LogP contribution in [0.25, 0.3) is 10.9 Å². The number of benzene rings is 1. The molecule has 1 aromatic carbocycles. The lowest BCUT2D eigenvalue weighted by Crippen LogP contribution is -2.27. The predicted molar refractivity (Wildman–Crippen MR) is 97.9 cm³/mol. The van der Waals surface area contributed by atoms with Crippen LogP contribution in [0.15, 0.2) is 35.7 Å². The normalized spacial score (nSPS) is 10.8. The molecule has 0 saturated heterocycles. The van der Waals surface area contributed by atoms with Crippen LogP contribution in [0, 0.1) is 13.8 Å². The highest BCUT2D eigenvalue weighted by atomic mass is 32.1. The molecule has 2 heterocycles. The predicted octanol–water partition coefficient (Wildman–Crippen LogP) is 4.19. The average molecular weight is 340 g/mol. The van der Waals surface area contributed by atoms with E-state index < -0.39 is 0 Å². The highest BCUT2D eigenvalue weighted by Gasteiger charge is 2.17. The third-order valence-corrected chi connectivity index (χ3v) is 5.15. The SMILES string of the molecule is COc1ccc2cc(C(=O)N(C)Cc3sccc3C)c(C)nc2c1. The van der Waals surface area contributed by atoms with E-state index in [9.17, 15) is 4.79 Å². The van der Waals surface area contributed by atoms with Crippen molar-refractivity contribution in [2.24, 2.45) is 0 Å². The van der Waals surface area contributed by atoms with Gasteiger partial charge in [0.2, 0.25) is 0 Å². The number of aromatic nitrogens is 1. The largest absolute Gasteiger partial charge is 0.497 e. The highest BCUT2D eigenvalue weighted by Crippen LogP contribution is 2.23. The van der Waals surface area contributed by atoms with Gasteiger partial charge in [0.25, 0.3) is 5.91 Å². The molecule has 0 atom stereocenters. The second-order valence-electron chi connectivity index (χ2n) is 5.87. The molecule has 0 spiro atoms. The Morgan fingerprint density at radius 1 is 1.25 bits per heavy atom. The summed E-state index contributed by atoms with van der Waals surface area (Å²) in [5, 5.41) is 2.99. The van der Waals surface area contributed by atoms with Crippen molar-refractivity contribution in [1.29, 1.82) is 0 Å². The molecule has 3 aromatic rings. The minimum Gasteiger partial charge on any atom is -0.497 e. The molecule has 0 N–H and O–H groups in total. The molecular weight excluding hydrogens is 320 g/mol. The lowest BCUT2D eigenvalue weighted by molar-refractivity contribution is 0.0785. The maximum atomic E-state index is 12.8. The van der Waals surface area contributed by atoms with Gasteiger partial charge in [-0.1, -0.05) is 0 Å². The van der Waals surface area contributed by atoms with Gasteiger partial charge in [0, 0.05) is 23.4 Å². The van der Waals surface area contributed by atoms with E-state index in [2.05, 4.69) is 23.4 Å². The van der Waals surface area contributed by atoms with E-state index in [0.717, 1.165) is 22.3 Å². The number of hydrogen-bond acceptors (Lipinski definition) is 4. The third-order valence-electron chi connectivity index (χ3n) is 4.14. The van der Waals surface area contributed by atoms with E-state index in [1.807, 2.05) is 38.2 Å². The van der Waals surface area contributed by atoms with Crippen molar-refractivity contribution in [2.75, 3.05) is 14.2 Å². The van der Waals surface area contributed by atoms with Crippen molar-refractivity contribution in [3.05, 3.63) is 57.4 Å². The van der Waals surface area contributed by atoms with Gasteiger partial charge < -0.3 is 9.64 Å². The Hall–Kier alpha value is -2.40. The topological polar surface area (TPSA) is 42.4 Å². The summed E-state index contributed by atoms with van der Waals surface area (Å²) in [5.74, 6) is 0.754. The first-order valence-corrected chi connectivity index (χ1v) is 8.61. The minimum atomic E-state index is -0.00878. The summed E-state index contributed by atoms with van der Waals surface area (Å²) in [4.78, 5) is 20.4. The molecule has 0 bridgehead atoms. The molecule has 0 radical (unpaired) electrons. The summed E-state index contributed by atoms with van der Waals surface area (Å²) in [6.07, 6.45) is 0. The first-order valence-electron chi connectivity index (χ1n) is 7.73. The standard InChI is InChI=1S/C19H20N2O2S/c1-12-7-8-24-18(12)11-21(3)19(22)16-9-14-5-6-15(23-4)10-17(14)20-13(16)2/h5-10H,11H2,1-4H3. The lowest BCUT2D eigenvalue weighted by Gasteiger charge is -2.18. The van der Waals surface area contributed by atoms with E-state index in [-0.39, 0.29) is 5.91 Å². The molecule has 0 aliphatic carbocycles. The monoisotopic (exact) mass is 340 g/mol. The van der Waals surface area contributed by atoms with Gasteiger partial charge >= 0.3 is 0 Å². The van der Waals surface area contributed by atoms with Crippen molar-refractivity contribution in [3.8, 4) is 5.75 Å². The molecule has 1 amide bonds. The molecule has 0 aliphatic heterocycles. The molecule has 0 unspecified atom stereocenters. The zero-order chi connectivity index (χ0) is 17.3. The maximum Gasteiger partial charge on any atom is 0.255 e. The molecule has 5 heteroatoms. The second kappa shape index (κ2) is 6.61. The summed E-state index contributed by atoms with van der Waals surface area (Å²) >= 11 is 1.68. The Balaban J connectivity index is 1.91. The summed E-state index contributed by atoms with van der Waals surface area (Å²) in [6.45, 7) is 4.55. The molecule has 0 fully saturated rings. The Morgan fingerprint density at radius 3 is 2.71 bits per heavy atom. The number of aryl methyl sites for hydroxylation is 2. The smallest absolute Gasteiger partial charge is 0.255 e. The van der Waals surface area contributed by atoms with E-state index in [0.29, 0.717) is 12.1 Å². The maximum absolute atomic E-state index is 12.8. The number of nitrogens with zero attached hydrogens (tertiary/aromatic N) is 2. The molecular formula is C19H20N2O2S. The molecule has 124 valence electrons. The molecule has 24 heavy (non-hydrogen) atoms. The first kappa shape index (κ1) is 16.5. The van der Waals surface area contributed by atoms with Crippen molar-refractivity contribution >= 4 is 28.1 Å². The van der Waals surface area contributed by atoms with Gasteiger partial charge in [-0.3, -0.25) is 9.78 Å². The van der Waals surface area contributed by atoms with Crippen molar-refractivity contribution in [1.82, 2.24) is 9.88 Å². The van der Waals surface area contributed by atoms with Crippen LogP contribution in [-0.2, 0) is 6.54 Å². The number of pyridine rings is 1.